The summed E-state index contributed by atoms with van der Waals surface area (Å²) >= 11 is 5.84. The Morgan fingerprint density at radius 2 is 1.93 bits per heavy atom. The fraction of sp³-hybridized carbons (Fsp3) is 0.190. The summed E-state index contributed by atoms with van der Waals surface area (Å²) in [4.78, 5) is 40.8. The van der Waals surface area contributed by atoms with Crippen molar-refractivity contribution in [2.75, 3.05) is 16.8 Å². The summed E-state index contributed by atoms with van der Waals surface area (Å²) in [6.45, 7) is 5.70. The number of urea groups is 1. The normalized spacial score (nSPS) is 16.4. The number of anilines is 2. The standard InChI is InChI=1S/C21H20ClN3O3/c1-3-11-24-18(13-19(26)23-16-9-7-15(22)8-10-16)20(27)25(21(24)28)17-6-4-5-14(2)12-17/h3-10,12,18H,1,11,13H2,2H3,(H,23,26)/t18-/m0/s1. The fourth-order valence-electron chi connectivity index (χ4n) is 3.11. The van der Waals surface area contributed by atoms with Gasteiger partial charge in [0.15, 0.2) is 0 Å². The van der Waals surface area contributed by atoms with Gasteiger partial charge in [0.1, 0.15) is 6.04 Å². The molecule has 0 aromatic heterocycles. The molecule has 1 saturated heterocycles. The van der Waals surface area contributed by atoms with E-state index in [-0.39, 0.29) is 18.9 Å². The van der Waals surface area contributed by atoms with Crippen molar-refractivity contribution in [3.63, 3.8) is 0 Å². The van der Waals surface area contributed by atoms with Crippen LogP contribution < -0.4 is 10.2 Å². The van der Waals surface area contributed by atoms with E-state index in [4.69, 9.17) is 11.6 Å². The van der Waals surface area contributed by atoms with Gasteiger partial charge in [-0.2, -0.15) is 0 Å². The van der Waals surface area contributed by atoms with Crippen LogP contribution in [0, 0.1) is 6.92 Å². The van der Waals surface area contributed by atoms with Crippen LogP contribution in [0.5, 0.6) is 0 Å². The molecular weight excluding hydrogens is 378 g/mol. The van der Waals surface area contributed by atoms with Crippen molar-refractivity contribution >= 4 is 40.8 Å². The molecule has 3 rings (SSSR count). The Hall–Kier alpha value is -3.12. The molecule has 0 bridgehead atoms. The van der Waals surface area contributed by atoms with E-state index in [1.54, 1.807) is 42.5 Å². The van der Waals surface area contributed by atoms with Gasteiger partial charge in [-0.25, -0.2) is 9.69 Å². The summed E-state index contributed by atoms with van der Waals surface area (Å²) in [5.41, 5.74) is 1.99. The first-order valence-corrected chi connectivity index (χ1v) is 9.16. The number of carbonyl (C=O) groups excluding carboxylic acids is 3. The lowest BCUT2D eigenvalue weighted by molar-refractivity contribution is -0.124. The van der Waals surface area contributed by atoms with E-state index in [2.05, 4.69) is 11.9 Å². The van der Waals surface area contributed by atoms with E-state index in [0.717, 1.165) is 10.5 Å². The quantitative estimate of drug-likeness (QED) is 0.591. The SMILES string of the molecule is C=CCN1C(=O)N(c2cccc(C)c2)C(=O)[C@@H]1CC(=O)Nc1ccc(Cl)cc1. The topological polar surface area (TPSA) is 69.7 Å². The average Bonchev–Trinajstić information content (AvgIpc) is 2.88. The Balaban J connectivity index is 1.80. The number of imide groups is 1. The average molecular weight is 398 g/mol. The summed E-state index contributed by atoms with van der Waals surface area (Å²) in [6, 6.07) is 12.4. The molecule has 1 heterocycles. The van der Waals surface area contributed by atoms with Gasteiger partial charge in [-0.05, 0) is 48.9 Å². The lowest BCUT2D eigenvalue weighted by Crippen LogP contribution is -2.38. The molecular formula is C21H20ClN3O3. The molecule has 28 heavy (non-hydrogen) atoms. The Kier molecular flexibility index (Phi) is 5.80. The van der Waals surface area contributed by atoms with E-state index in [9.17, 15) is 14.4 Å². The number of rotatable bonds is 6. The van der Waals surface area contributed by atoms with Crippen molar-refractivity contribution in [2.24, 2.45) is 0 Å². The zero-order valence-electron chi connectivity index (χ0n) is 15.4. The van der Waals surface area contributed by atoms with Crippen molar-refractivity contribution < 1.29 is 14.4 Å². The summed E-state index contributed by atoms with van der Waals surface area (Å²) in [6.07, 6.45) is 1.39. The lowest BCUT2D eigenvalue weighted by atomic mass is 10.1. The van der Waals surface area contributed by atoms with Gasteiger partial charge in [0, 0.05) is 17.3 Å². The van der Waals surface area contributed by atoms with Crippen LogP contribution in [0.4, 0.5) is 16.2 Å². The molecule has 1 fully saturated rings. The summed E-state index contributed by atoms with van der Waals surface area (Å²) < 4.78 is 0. The molecule has 1 N–H and O–H groups in total. The lowest BCUT2D eigenvalue weighted by Gasteiger charge is -2.19. The molecule has 0 saturated carbocycles. The number of nitrogens with one attached hydrogen (secondary N) is 1. The first-order chi connectivity index (χ1) is 13.4. The Morgan fingerprint density at radius 3 is 2.57 bits per heavy atom. The maximum Gasteiger partial charge on any atom is 0.332 e. The highest BCUT2D eigenvalue weighted by molar-refractivity contribution is 6.30. The van der Waals surface area contributed by atoms with Gasteiger partial charge in [-0.15, -0.1) is 6.58 Å². The molecule has 0 aliphatic carbocycles. The van der Waals surface area contributed by atoms with E-state index in [1.807, 2.05) is 13.0 Å². The molecule has 0 radical (unpaired) electrons. The Labute approximate surface area is 168 Å². The highest BCUT2D eigenvalue weighted by Crippen LogP contribution is 2.27. The van der Waals surface area contributed by atoms with Gasteiger partial charge in [-0.3, -0.25) is 9.59 Å². The zero-order valence-corrected chi connectivity index (χ0v) is 16.1. The second-order valence-corrected chi connectivity index (χ2v) is 6.95. The van der Waals surface area contributed by atoms with Crippen LogP contribution in [-0.4, -0.2) is 35.3 Å². The van der Waals surface area contributed by atoms with Gasteiger partial charge in [0.05, 0.1) is 12.1 Å². The summed E-state index contributed by atoms with van der Waals surface area (Å²) in [7, 11) is 0. The Morgan fingerprint density at radius 1 is 1.21 bits per heavy atom. The third-order valence-electron chi connectivity index (χ3n) is 4.41. The van der Waals surface area contributed by atoms with Gasteiger partial charge in [0.2, 0.25) is 5.91 Å². The van der Waals surface area contributed by atoms with Crippen molar-refractivity contribution in [1.29, 1.82) is 0 Å². The molecule has 6 nitrogen and oxygen atoms in total. The highest BCUT2D eigenvalue weighted by Gasteiger charge is 2.46. The monoisotopic (exact) mass is 397 g/mol. The fourth-order valence-corrected chi connectivity index (χ4v) is 3.23. The van der Waals surface area contributed by atoms with Crippen LogP contribution in [0.1, 0.15) is 12.0 Å². The van der Waals surface area contributed by atoms with Crippen LogP contribution in [0.15, 0.2) is 61.2 Å². The van der Waals surface area contributed by atoms with E-state index in [1.165, 1.54) is 11.0 Å². The molecule has 0 spiro atoms. The smallest absolute Gasteiger partial charge is 0.326 e. The molecule has 7 heteroatoms. The van der Waals surface area contributed by atoms with Gasteiger partial charge in [-0.1, -0.05) is 29.8 Å². The number of hydrogen-bond donors (Lipinski definition) is 1. The third kappa shape index (κ3) is 4.07. The van der Waals surface area contributed by atoms with Crippen molar-refractivity contribution in [3.05, 3.63) is 71.8 Å². The predicted octanol–water partition coefficient (Wildman–Crippen LogP) is 4.00. The summed E-state index contributed by atoms with van der Waals surface area (Å²) in [5.74, 6) is -0.794. The number of halogens is 1. The van der Waals surface area contributed by atoms with E-state index < -0.39 is 18.0 Å². The van der Waals surface area contributed by atoms with Crippen molar-refractivity contribution in [3.8, 4) is 0 Å². The van der Waals surface area contributed by atoms with Crippen LogP contribution >= 0.6 is 11.6 Å². The molecule has 1 aliphatic rings. The predicted molar refractivity (Wildman–Crippen MR) is 109 cm³/mol. The third-order valence-corrected chi connectivity index (χ3v) is 4.66. The molecule has 2 aromatic rings. The molecule has 1 aliphatic heterocycles. The number of nitrogens with zero attached hydrogens (tertiary/aromatic N) is 2. The highest BCUT2D eigenvalue weighted by atomic mass is 35.5. The first kappa shape index (κ1) is 19.6. The van der Waals surface area contributed by atoms with Crippen molar-refractivity contribution in [1.82, 2.24) is 4.90 Å². The summed E-state index contributed by atoms with van der Waals surface area (Å²) in [5, 5.41) is 3.28. The maximum atomic E-state index is 13.0. The van der Waals surface area contributed by atoms with Crippen LogP contribution in [0.3, 0.4) is 0 Å². The van der Waals surface area contributed by atoms with Gasteiger partial charge < -0.3 is 10.2 Å². The molecule has 2 aromatic carbocycles. The zero-order chi connectivity index (χ0) is 20.3. The van der Waals surface area contributed by atoms with Gasteiger partial charge >= 0.3 is 6.03 Å². The number of amides is 4. The second kappa shape index (κ2) is 8.27. The van der Waals surface area contributed by atoms with Crippen LogP contribution in [-0.2, 0) is 9.59 Å². The second-order valence-electron chi connectivity index (χ2n) is 6.51. The van der Waals surface area contributed by atoms with Crippen LogP contribution in [0.25, 0.3) is 0 Å². The number of carbonyl (C=O) groups is 3. The van der Waals surface area contributed by atoms with Crippen molar-refractivity contribution in [2.45, 2.75) is 19.4 Å². The molecule has 4 amide bonds. The van der Waals surface area contributed by atoms with E-state index in [0.29, 0.717) is 16.4 Å². The molecule has 144 valence electrons. The number of benzene rings is 2. The number of aryl methyl sites for hydroxylation is 1. The molecule has 0 unspecified atom stereocenters. The Bertz CT molecular complexity index is 927. The minimum absolute atomic E-state index is 0.149. The largest absolute Gasteiger partial charge is 0.332 e. The first-order valence-electron chi connectivity index (χ1n) is 8.78. The van der Waals surface area contributed by atoms with Gasteiger partial charge in [0.25, 0.3) is 5.91 Å². The number of hydrogen-bond acceptors (Lipinski definition) is 3. The molecule has 1 atom stereocenters. The minimum Gasteiger partial charge on any atom is -0.326 e. The van der Waals surface area contributed by atoms with E-state index >= 15 is 0 Å². The maximum absolute atomic E-state index is 13.0. The van der Waals surface area contributed by atoms with Crippen LogP contribution in [0.2, 0.25) is 5.02 Å². The minimum atomic E-state index is -0.890.